The number of hydrogen-bond donors (Lipinski definition) is 1. The van der Waals surface area contributed by atoms with Crippen molar-refractivity contribution >= 4 is 33.1 Å². The number of aromatic nitrogens is 1. The van der Waals surface area contributed by atoms with Crippen molar-refractivity contribution < 1.29 is 13.2 Å². The van der Waals surface area contributed by atoms with Crippen LogP contribution in [0, 0.1) is 0 Å². The quantitative estimate of drug-likeness (QED) is 0.897. The van der Waals surface area contributed by atoms with Crippen LogP contribution in [-0.4, -0.2) is 25.9 Å². The predicted molar refractivity (Wildman–Crippen MR) is 85.0 cm³/mol. The van der Waals surface area contributed by atoms with Gasteiger partial charge in [-0.3, -0.25) is 9.10 Å². The molecular weight excluding hydrogens is 322 g/mol. The Bertz CT molecular complexity index is 772. The molecule has 0 aliphatic carbocycles. The van der Waals surface area contributed by atoms with E-state index in [1.165, 1.54) is 15.6 Å². The molecule has 2 heterocycles. The van der Waals surface area contributed by atoms with Crippen LogP contribution >= 0.6 is 11.3 Å². The molecule has 0 saturated heterocycles. The third kappa shape index (κ3) is 3.12. The number of thiazole rings is 1. The fourth-order valence-corrected chi connectivity index (χ4v) is 4.29. The number of carbonyl (C=O) groups excluding carboxylic acids is 1. The van der Waals surface area contributed by atoms with E-state index in [9.17, 15) is 13.2 Å². The molecule has 116 valence electrons. The third-order valence-corrected chi connectivity index (χ3v) is 5.71. The fraction of sp³-hybridized carbons (Fsp3) is 0.286. The first kappa shape index (κ1) is 15.0. The Morgan fingerprint density at radius 1 is 1.36 bits per heavy atom. The molecule has 0 spiro atoms. The predicted octanol–water partition coefficient (Wildman–Crippen LogP) is 1.50. The molecule has 0 atom stereocenters. The van der Waals surface area contributed by atoms with Gasteiger partial charge in [-0.25, -0.2) is 9.71 Å². The molecule has 22 heavy (non-hydrogen) atoms. The van der Waals surface area contributed by atoms with Crippen molar-refractivity contribution in [2.45, 2.75) is 19.3 Å². The number of anilines is 1. The van der Waals surface area contributed by atoms with E-state index in [-0.39, 0.29) is 6.42 Å². The molecule has 1 aliphatic rings. The van der Waals surface area contributed by atoms with Gasteiger partial charge in [0, 0.05) is 31.0 Å². The van der Waals surface area contributed by atoms with E-state index in [1.807, 2.05) is 17.5 Å². The summed E-state index contributed by atoms with van der Waals surface area (Å²) < 4.78 is 28.1. The van der Waals surface area contributed by atoms with Crippen LogP contribution in [0.4, 0.5) is 5.69 Å². The molecule has 8 heteroatoms. The Labute approximate surface area is 133 Å². The van der Waals surface area contributed by atoms with E-state index in [0.717, 1.165) is 10.6 Å². The summed E-state index contributed by atoms with van der Waals surface area (Å²) in [4.78, 5) is 16.0. The summed E-state index contributed by atoms with van der Waals surface area (Å²) in [7, 11) is -3.85. The normalized spacial score (nSPS) is 13.9. The molecule has 0 unspecified atom stereocenters. The van der Waals surface area contributed by atoms with Crippen LogP contribution in [0.5, 0.6) is 0 Å². The molecular formula is C14H15N3O3S2. The van der Waals surface area contributed by atoms with Gasteiger partial charge >= 0.3 is 10.2 Å². The van der Waals surface area contributed by atoms with E-state index < -0.39 is 16.1 Å². The highest BCUT2D eigenvalue weighted by Crippen LogP contribution is 2.29. The Kier molecular flexibility index (Phi) is 4.12. The lowest BCUT2D eigenvalue weighted by atomic mass is 10.2. The van der Waals surface area contributed by atoms with Gasteiger partial charge in [-0.05, 0) is 18.1 Å². The van der Waals surface area contributed by atoms with Crippen molar-refractivity contribution in [3.63, 3.8) is 0 Å². The van der Waals surface area contributed by atoms with E-state index in [2.05, 4.69) is 9.71 Å². The number of aryl methyl sites for hydroxylation is 1. The minimum Gasteiger partial charge on any atom is -0.274 e. The summed E-state index contributed by atoms with van der Waals surface area (Å²) >= 11 is 1.45. The van der Waals surface area contributed by atoms with Crippen LogP contribution in [0.3, 0.4) is 0 Å². The summed E-state index contributed by atoms with van der Waals surface area (Å²) in [6, 6.07) is 7.31. The monoisotopic (exact) mass is 337 g/mol. The Morgan fingerprint density at radius 2 is 2.18 bits per heavy atom. The van der Waals surface area contributed by atoms with Crippen molar-refractivity contribution in [2.75, 3.05) is 10.8 Å². The van der Waals surface area contributed by atoms with Crippen molar-refractivity contribution in [1.29, 1.82) is 0 Å². The van der Waals surface area contributed by atoms with E-state index in [0.29, 0.717) is 25.1 Å². The summed E-state index contributed by atoms with van der Waals surface area (Å²) in [5.41, 5.74) is 1.62. The van der Waals surface area contributed by atoms with E-state index in [1.54, 1.807) is 18.3 Å². The smallest absolute Gasteiger partial charge is 0.274 e. The molecule has 1 aromatic heterocycles. The lowest BCUT2D eigenvalue weighted by Crippen LogP contribution is -2.42. The molecule has 3 rings (SSSR count). The van der Waals surface area contributed by atoms with Crippen molar-refractivity contribution in [3.05, 3.63) is 46.4 Å². The van der Waals surface area contributed by atoms with Gasteiger partial charge in [0.25, 0.3) is 0 Å². The number of nitrogens with zero attached hydrogens (tertiary/aromatic N) is 2. The van der Waals surface area contributed by atoms with Crippen LogP contribution in [0.15, 0.2) is 35.8 Å². The minimum atomic E-state index is -3.85. The van der Waals surface area contributed by atoms with Gasteiger partial charge < -0.3 is 0 Å². The van der Waals surface area contributed by atoms with Crippen molar-refractivity contribution in [3.8, 4) is 0 Å². The molecule has 1 aromatic carbocycles. The number of fused-ring (bicyclic) bond motifs is 1. The molecule has 2 aromatic rings. The van der Waals surface area contributed by atoms with Crippen LogP contribution in [0.2, 0.25) is 0 Å². The summed E-state index contributed by atoms with van der Waals surface area (Å²) in [5.74, 6) is -0.514. The van der Waals surface area contributed by atoms with Gasteiger partial charge in [-0.2, -0.15) is 8.42 Å². The van der Waals surface area contributed by atoms with Crippen LogP contribution < -0.4 is 9.03 Å². The number of rotatable bonds is 5. The number of benzene rings is 1. The topological polar surface area (TPSA) is 79.4 Å². The van der Waals surface area contributed by atoms with Gasteiger partial charge in [0.1, 0.15) is 0 Å². The molecule has 1 N–H and O–H groups in total. The lowest BCUT2D eigenvalue weighted by Gasteiger charge is -2.19. The fourth-order valence-electron chi connectivity index (χ4n) is 2.40. The summed E-state index contributed by atoms with van der Waals surface area (Å²) in [6.07, 6.45) is 2.86. The molecule has 0 bridgehead atoms. The number of hydrogen-bond acceptors (Lipinski definition) is 5. The zero-order valence-corrected chi connectivity index (χ0v) is 13.4. The highest BCUT2D eigenvalue weighted by molar-refractivity contribution is 7.91. The van der Waals surface area contributed by atoms with Crippen LogP contribution in [0.1, 0.15) is 17.0 Å². The average molecular weight is 337 g/mol. The Balaban J connectivity index is 1.65. The standard InChI is InChI=1S/C14H15N3O3S2/c18-13(5-6-14-15-8-10-21-14)16-22(19,20)17-9-7-11-3-1-2-4-12(11)17/h1-4,8,10H,5-7,9H2,(H,16,18). The van der Waals surface area contributed by atoms with E-state index >= 15 is 0 Å². The first-order chi connectivity index (χ1) is 10.6. The van der Waals surface area contributed by atoms with Crippen molar-refractivity contribution in [1.82, 2.24) is 9.71 Å². The molecule has 1 amide bonds. The molecule has 6 nitrogen and oxygen atoms in total. The second-order valence-corrected chi connectivity index (χ2v) is 7.48. The van der Waals surface area contributed by atoms with Crippen molar-refractivity contribution in [2.24, 2.45) is 0 Å². The number of carbonyl (C=O) groups is 1. The zero-order valence-electron chi connectivity index (χ0n) is 11.7. The summed E-state index contributed by atoms with van der Waals surface area (Å²) in [6.45, 7) is 0.356. The number of amides is 1. The first-order valence-electron chi connectivity index (χ1n) is 6.86. The number of nitrogens with one attached hydrogen (secondary N) is 1. The SMILES string of the molecule is O=C(CCc1nccs1)NS(=O)(=O)N1CCc2ccccc21. The third-order valence-electron chi connectivity index (χ3n) is 3.43. The average Bonchev–Trinajstić information content (AvgIpc) is 3.14. The molecule has 0 fully saturated rings. The zero-order chi connectivity index (χ0) is 15.6. The maximum Gasteiger partial charge on any atom is 0.326 e. The Hall–Kier alpha value is -1.93. The maximum atomic E-state index is 12.3. The largest absolute Gasteiger partial charge is 0.326 e. The second kappa shape index (κ2) is 6.05. The van der Waals surface area contributed by atoms with E-state index in [4.69, 9.17) is 0 Å². The molecule has 0 radical (unpaired) electrons. The maximum absolute atomic E-state index is 12.3. The van der Waals surface area contributed by atoms with Crippen LogP contribution in [0.25, 0.3) is 0 Å². The van der Waals surface area contributed by atoms with Crippen LogP contribution in [-0.2, 0) is 27.8 Å². The first-order valence-corrected chi connectivity index (χ1v) is 9.18. The highest BCUT2D eigenvalue weighted by Gasteiger charge is 2.30. The Morgan fingerprint density at radius 3 is 2.95 bits per heavy atom. The lowest BCUT2D eigenvalue weighted by molar-refractivity contribution is -0.119. The van der Waals surface area contributed by atoms with Gasteiger partial charge in [0.15, 0.2) is 0 Å². The molecule has 0 saturated carbocycles. The minimum absolute atomic E-state index is 0.0994. The van der Waals surface area contributed by atoms with Gasteiger partial charge in [0.05, 0.1) is 10.7 Å². The van der Waals surface area contributed by atoms with Gasteiger partial charge in [0.2, 0.25) is 5.91 Å². The van der Waals surface area contributed by atoms with Gasteiger partial charge in [-0.1, -0.05) is 18.2 Å². The summed E-state index contributed by atoms with van der Waals surface area (Å²) in [5, 5.41) is 2.64. The highest BCUT2D eigenvalue weighted by atomic mass is 32.2. The second-order valence-electron chi connectivity index (χ2n) is 4.91. The van der Waals surface area contributed by atoms with Gasteiger partial charge in [-0.15, -0.1) is 11.3 Å². The number of para-hydroxylation sites is 1. The molecule has 1 aliphatic heterocycles.